The molecule has 122 valence electrons. The Kier molecular flexibility index (Phi) is 3.66. The van der Waals surface area contributed by atoms with Gasteiger partial charge in [-0.25, -0.2) is 0 Å². The monoisotopic (exact) mass is 340 g/mol. The van der Waals surface area contributed by atoms with E-state index < -0.39 is 4.90 Å². The predicted molar refractivity (Wildman–Crippen MR) is 96.0 cm³/mol. The molecule has 0 atom stereocenters. The van der Waals surface area contributed by atoms with E-state index in [0.29, 0.717) is 6.67 Å². The molecule has 0 saturated carbocycles. The highest BCUT2D eigenvalue weighted by Gasteiger charge is 2.31. The number of benzene rings is 1. The van der Waals surface area contributed by atoms with E-state index >= 15 is 0 Å². The zero-order chi connectivity index (χ0) is 16.5. The summed E-state index contributed by atoms with van der Waals surface area (Å²) in [6.45, 7) is 0.676. The predicted octanol–water partition coefficient (Wildman–Crippen LogP) is 2.12. The van der Waals surface area contributed by atoms with E-state index in [0.717, 1.165) is 28.1 Å². The molecule has 2 heterocycles. The van der Waals surface area contributed by atoms with Crippen molar-refractivity contribution in [3.8, 4) is 0 Å². The Labute approximate surface area is 143 Å². The summed E-state index contributed by atoms with van der Waals surface area (Å²) in [4.78, 5) is 3.94. The van der Waals surface area contributed by atoms with Crippen molar-refractivity contribution in [2.75, 3.05) is 17.4 Å². The van der Waals surface area contributed by atoms with Crippen LogP contribution in [-0.4, -0.2) is 33.2 Å². The molecule has 0 unspecified atom stereocenters. The maximum atomic E-state index is 10.8. The first-order chi connectivity index (χ1) is 11.7. The maximum absolute atomic E-state index is 10.8. The smallest absolute Gasteiger partial charge is 0.222 e. The molecule has 0 radical (unpaired) electrons. The van der Waals surface area contributed by atoms with Crippen molar-refractivity contribution in [2.24, 2.45) is 5.10 Å². The molecule has 0 amide bonds. The Morgan fingerprint density at radius 2 is 1.83 bits per heavy atom. The number of nitrogens with zero attached hydrogens (tertiary/aromatic N) is 4. The first kappa shape index (κ1) is 14.7. The fourth-order valence-corrected chi connectivity index (χ4v) is 3.58. The summed E-state index contributed by atoms with van der Waals surface area (Å²) in [5.74, 6) is 1.67. The molecular formula is C16H14N5O2S-. The first-order valence-corrected chi connectivity index (χ1v) is 8.37. The SMILES string of the molecule is [O-][N+]([O-])=C1C=CC(=C2NN=C3SCN(c4ccccc4)CN32)C=C1. The van der Waals surface area contributed by atoms with Gasteiger partial charge < -0.3 is 15.3 Å². The summed E-state index contributed by atoms with van der Waals surface area (Å²) in [6, 6.07) is 10.2. The molecule has 0 bridgehead atoms. The lowest BCUT2D eigenvalue weighted by Crippen LogP contribution is -2.44. The lowest BCUT2D eigenvalue weighted by molar-refractivity contribution is -0.377. The van der Waals surface area contributed by atoms with Gasteiger partial charge in [-0.1, -0.05) is 30.0 Å². The Morgan fingerprint density at radius 1 is 1.08 bits per heavy atom. The number of para-hydroxylation sites is 1. The standard InChI is InChI=1S/C16H14N5O2S/c22-21(23)14-8-6-12(7-9-14)15-17-18-16-20(15)10-19(11-24-16)13-4-2-1-3-5-13/h1-9,17H,10-11H2/q-1. The quantitative estimate of drug-likeness (QED) is 0.623. The average Bonchev–Trinajstić information content (AvgIpc) is 3.05. The molecule has 7 nitrogen and oxygen atoms in total. The number of amidine groups is 1. The molecule has 1 aromatic rings. The minimum atomic E-state index is -0.396. The summed E-state index contributed by atoms with van der Waals surface area (Å²) < 4.78 is 0. The molecule has 8 heteroatoms. The van der Waals surface area contributed by atoms with E-state index in [9.17, 15) is 10.4 Å². The molecule has 0 spiro atoms. The van der Waals surface area contributed by atoms with Gasteiger partial charge in [0.25, 0.3) is 0 Å². The molecule has 1 fully saturated rings. The Balaban J connectivity index is 1.60. The van der Waals surface area contributed by atoms with E-state index in [1.165, 1.54) is 12.2 Å². The zero-order valence-electron chi connectivity index (χ0n) is 12.6. The van der Waals surface area contributed by atoms with E-state index in [2.05, 4.69) is 32.5 Å². The second-order valence-electron chi connectivity index (χ2n) is 5.38. The van der Waals surface area contributed by atoms with Crippen LogP contribution in [0, 0.1) is 10.4 Å². The number of fused-ring (bicyclic) bond motifs is 1. The lowest BCUT2D eigenvalue weighted by atomic mass is 10.1. The van der Waals surface area contributed by atoms with Gasteiger partial charge in [-0.05, 0) is 24.3 Å². The number of hydrogen-bond acceptors (Lipinski definition) is 7. The van der Waals surface area contributed by atoms with Gasteiger partial charge in [-0.2, -0.15) is 4.90 Å². The highest BCUT2D eigenvalue weighted by atomic mass is 32.2. The number of anilines is 1. The van der Waals surface area contributed by atoms with Gasteiger partial charge in [0.15, 0.2) is 5.17 Å². The van der Waals surface area contributed by atoms with Crippen LogP contribution in [0.25, 0.3) is 0 Å². The van der Waals surface area contributed by atoms with E-state index in [1.807, 2.05) is 18.2 Å². The minimum absolute atomic E-state index is 0.0809. The maximum Gasteiger partial charge on any atom is 0.222 e. The van der Waals surface area contributed by atoms with Crippen molar-refractivity contribution in [3.05, 3.63) is 76.4 Å². The van der Waals surface area contributed by atoms with Gasteiger partial charge in [-0.3, -0.25) is 10.3 Å². The highest BCUT2D eigenvalue weighted by Crippen LogP contribution is 2.30. The Morgan fingerprint density at radius 3 is 2.54 bits per heavy atom. The van der Waals surface area contributed by atoms with Crippen molar-refractivity contribution in [1.82, 2.24) is 10.3 Å². The first-order valence-electron chi connectivity index (χ1n) is 7.38. The van der Waals surface area contributed by atoms with Gasteiger partial charge in [0.05, 0.1) is 12.5 Å². The molecule has 1 saturated heterocycles. The van der Waals surface area contributed by atoms with Crippen molar-refractivity contribution in [3.63, 3.8) is 0 Å². The van der Waals surface area contributed by atoms with Gasteiger partial charge in [0.1, 0.15) is 5.82 Å². The van der Waals surface area contributed by atoms with Crippen LogP contribution in [0.5, 0.6) is 0 Å². The fraction of sp³-hybridized carbons (Fsp3) is 0.125. The molecule has 1 aliphatic carbocycles. The molecular weight excluding hydrogens is 326 g/mol. The lowest BCUT2D eigenvalue weighted by Gasteiger charge is -2.35. The van der Waals surface area contributed by atoms with Crippen molar-refractivity contribution < 1.29 is 4.90 Å². The van der Waals surface area contributed by atoms with E-state index in [4.69, 9.17) is 0 Å². The summed E-state index contributed by atoms with van der Waals surface area (Å²) in [5.41, 5.74) is 5.15. The molecule has 3 aliphatic rings. The molecule has 4 rings (SSSR count). The Hall–Kier alpha value is -2.87. The van der Waals surface area contributed by atoms with E-state index in [-0.39, 0.29) is 5.71 Å². The normalized spacial score (nSPS) is 19.3. The van der Waals surface area contributed by atoms with Crippen molar-refractivity contribution in [2.45, 2.75) is 0 Å². The number of hydrogen-bond donors (Lipinski definition) is 1. The largest absolute Gasteiger partial charge is 0.612 e. The van der Waals surface area contributed by atoms with Crippen molar-refractivity contribution in [1.29, 1.82) is 0 Å². The number of nitrogens with one attached hydrogen (secondary N) is 1. The summed E-state index contributed by atoms with van der Waals surface area (Å²) in [6.07, 6.45) is 6.50. The van der Waals surface area contributed by atoms with Crippen LogP contribution >= 0.6 is 11.8 Å². The van der Waals surface area contributed by atoms with Gasteiger partial charge >= 0.3 is 0 Å². The van der Waals surface area contributed by atoms with Gasteiger partial charge in [-0.15, -0.1) is 5.10 Å². The second-order valence-corrected chi connectivity index (χ2v) is 6.29. The summed E-state index contributed by atoms with van der Waals surface area (Å²) in [5, 5.41) is 26.9. The van der Waals surface area contributed by atoms with Crippen LogP contribution in [0.2, 0.25) is 0 Å². The Bertz CT molecular complexity index is 791. The van der Waals surface area contributed by atoms with Gasteiger partial charge in [0.2, 0.25) is 5.71 Å². The third-order valence-electron chi connectivity index (χ3n) is 3.89. The topological polar surface area (TPSA) is 80.0 Å². The minimum Gasteiger partial charge on any atom is -0.612 e. The van der Waals surface area contributed by atoms with Crippen molar-refractivity contribution >= 4 is 28.3 Å². The summed E-state index contributed by atoms with van der Waals surface area (Å²) in [7, 11) is 0. The number of rotatable bonds is 1. The van der Waals surface area contributed by atoms with Crippen LogP contribution in [-0.2, 0) is 0 Å². The third kappa shape index (κ3) is 2.61. The molecule has 24 heavy (non-hydrogen) atoms. The fourth-order valence-electron chi connectivity index (χ4n) is 2.66. The van der Waals surface area contributed by atoms with Crippen LogP contribution in [0.3, 0.4) is 0 Å². The van der Waals surface area contributed by atoms with Crippen LogP contribution < -0.4 is 10.3 Å². The highest BCUT2D eigenvalue weighted by molar-refractivity contribution is 8.13. The third-order valence-corrected chi connectivity index (χ3v) is 4.90. The summed E-state index contributed by atoms with van der Waals surface area (Å²) >= 11 is 1.65. The molecule has 1 N–H and O–H groups in total. The molecule has 2 aliphatic heterocycles. The number of allylic oxidation sites excluding steroid dienone is 5. The number of hydrazone groups is 1. The van der Waals surface area contributed by atoms with E-state index in [1.54, 1.807) is 23.9 Å². The second kappa shape index (κ2) is 5.97. The number of thioether (sulfide) groups is 1. The molecule has 1 aromatic carbocycles. The molecule has 0 aromatic heterocycles. The van der Waals surface area contributed by atoms with Crippen LogP contribution in [0.1, 0.15) is 0 Å². The average molecular weight is 340 g/mol. The van der Waals surface area contributed by atoms with Crippen LogP contribution in [0.15, 0.2) is 71.1 Å². The van der Waals surface area contributed by atoms with Crippen LogP contribution in [0.4, 0.5) is 5.69 Å². The zero-order valence-corrected chi connectivity index (χ0v) is 13.4. The van der Waals surface area contributed by atoms with Gasteiger partial charge in [0, 0.05) is 23.4 Å².